The highest BCUT2D eigenvalue weighted by atomic mass is 16.5. The van der Waals surface area contributed by atoms with E-state index >= 15 is 0 Å². The number of benzene rings is 1. The molecule has 3 aliphatic rings. The first kappa shape index (κ1) is 20.0. The highest BCUT2D eigenvalue weighted by Crippen LogP contribution is 2.46. The maximum atomic E-state index is 13.1. The summed E-state index contributed by atoms with van der Waals surface area (Å²) < 4.78 is 5.30. The van der Waals surface area contributed by atoms with Crippen molar-refractivity contribution in [2.24, 2.45) is 17.8 Å². The number of hydrogen-bond acceptors (Lipinski definition) is 3. The number of likely N-dealkylation sites (tertiary alicyclic amines) is 2. The summed E-state index contributed by atoms with van der Waals surface area (Å²) in [5.74, 6) is 2.01. The molecule has 3 amide bonds. The van der Waals surface area contributed by atoms with Gasteiger partial charge < -0.3 is 19.4 Å². The van der Waals surface area contributed by atoms with Gasteiger partial charge in [-0.25, -0.2) is 4.79 Å². The number of methoxy groups -OCH3 is 1. The molecular weight excluding hydrogens is 366 g/mol. The topological polar surface area (TPSA) is 53.1 Å². The van der Waals surface area contributed by atoms with Gasteiger partial charge in [-0.2, -0.15) is 0 Å². The third-order valence-electron chi connectivity index (χ3n) is 7.02. The highest BCUT2D eigenvalue weighted by molar-refractivity contribution is 5.79. The molecule has 0 bridgehead atoms. The van der Waals surface area contributed by atoms with Gasteiger partial charge in [0.25, 0.3) is 0 Å². The molecule has 2 aliphatic heterocycles. The number of hydrogen-bond donors (Lipinski definition) is 0. The predicted molar refractivity (Wildman–Crippen MR) is 112 cm³/mol. The molecule has 2 saturated heterocycles. The van der Waals surface area contributed by atoms with E-state index in [9.17, 15) is 9.59 Å². The van der Waals surface area contributed by atoms with Crippen LogP contribution in [0.1, 0.15) is 43.7 Å². The van der Waals surface area contributed by atoms with Gasteiger partial charge in [-0.1, -0.05) is 31.4 Å². The van der Waals surface area contributed by atoms with E-state index in [4.69, 9.17) is 4.74 Å². The number of amides is 3. The van der Waals surface area contributed by atoms with E-state index in [0.29, 0.717) is 24.3 Å². The molecule has 29 heavy (non-hydrogen) atoms. The molecule has 3 atom stereocenters. The normalized spacial score (nSPS) is 27.1. The Hall–Kier alpha value is -2.24. The predicted octanol–water partition coefficient (Wildman–Crippen LogP) is 3.39. The summed E-state index contributed by atoms with van der Waals surface area (Å²) in [6.07, 6.45) is 5.69. The van der Waals surface area contributed by atoms with Crippen LogP contribution in [0.2, 0.25) is 0 Å². The van der Waals surface area contributed by atoms with Gasteiger partial charge in [0.15, 0.2) is 0 Å². The van der Waals surface area contributed by atoms with Gasteiger partial charge in [0.2, 0.25) is 5.91 Å². The van der Waals surface area contributed by atoms with Gasteiger partial charge in [-0.15, -0.1) is 0 Å². The van der Waals surface area contributed by atoms with Crippen LogP contribution in [-0.4, -0.2) is 67.5 Å². The maximum absolute atomic E-state index is 13.1. The average molecular weight is 400 g/mol. The lowest BCUT2D eigenvalue weighted by molar-refractivity contribution is -0.135. The number of urea groups is 1. The monoisotopic (exact) mass is 399 g/mol. The van der Waals surface area contributed by atoms with Crippen LogP contribution in [0.15, 0.2) is 24.3 Å². The molecule has 0 N–H and O–H groups in total. The van der Waals surface area contributed by atoms with Crippen molar-refractivity contribution in [3.63, 3.8) is 0 Å². The summed E-state index contributed by atoms with van der Waals surface area (Å²) >= 11 is 0. The Balaban J connectivity index is 1.55. The van der Waals surface area contributed by atoms with Crippen molar-refractivity contribution in [3.05, 3.63) is 29.8 Å². The lowest BCUT2D eigenvalue weighted by atomic mass is 9.88. The molecule has 0 spiro atoms. The number of nitrogens with zero attached hydrogens (tertiary/aromatic N) is 3. The maximum Gasteiger partial charge on any atom is 0.320 e. The summed E-state index contributed by atoms with van der Waals surface area (Å²) in [6, 6.07) is 8.10. The minimum Gasteiger partial charge on any atom is -0.497 e. The van der Waals surface area contributed by atoms with Crippen LogP contribution in [0.5, 0.6) is 5.75 Å². The molecule has 1 aliphatic carbocycles. The van der Waals surface area contributed by atoms with E-state index in [0.717, 1.165) is 37.2 Å². The van der Waals surface area contributed by atoms with E-state index in [1.165, 1.54) is 19.3 Å². The van der Waals surface area contributed by atoms with Crippen LogP contribution in [0, 0.1) is 17.8 Å². The molecule has 4 rings (SSSR count). The zero-order valence-corrected chi connectivity index (χ0v) is 17.8. The van der Waals surface area contributed by atoms with Crippen LogP contribution in [0.3, 0.4) is 0 Å². The molecule has 0 unspecified atom stereocenters. The summed E-state index contributed by atoms with van der Waals surface area (Å²) in [5.41, 5.74) is 1.13. The quantitative estimate of drug-likeness (QED) is 0.783. The van der Waals surface area contributed by atoms with E-state index in [2.05, 4.69) is 17.0 Å². The van der Waals surface area contributed by atoms with E-state index in [1.54, 1.807) is 26.1 Å². The molecule has 1 aromatic rings. The zero-order chi connectivity index (χ0) is 20.5. The van der Waals surface area contributed by atoms with Gasteiger partial charge >= 0.3 is 6.03 Å². The fourth-order valence-corrected chi connectivity index (χ4v) is 5.51. The van der Waals surface area contributed by atoms with E-state index in [-0.39, 0.29) is 18.0 Å². The van der Waals surface area contributed by atoms with Crippen molar-refractivity contribution < 1.29 is 14.3 Å². The Bertz CT molecular complexity index is 742. The average Bonchev–Trinajstić information content (AvgIpc) is 3.31. The first-order valence-electron chi connectivity index (χ1n) is 10.9. The molecule has 6 nitrogen and oxygen atoms in total. The summed E-state index contributed by atoms with van der Waals surface area (Å²) in [5, 5.41) is 0. The van der Waals surface area contributed by atoms with Crippen molar-refractivity contribution in [1.29, 1.82) is 0 Å². The lowest BCUT2D eigenvalue weighted by Gasteiger charge is -2.33. The number of rotatable bonds is 3. The molecule has 1 saturated carbocycles. The largest absolute Gasteiger partial charge is 0.497 e. The fourth-order valence-electron chi connectivity index (χ4n) is 5.51. The van der Waals surface area contributed by atoms with E-state index in [1.807, 2.05) is 17.0 Å². The summed E-state index contributed by atoms with van der Waals surface area (Å²) in [4.78, 5) is 31.7. The minimum absolute atomic E-state index is 0.00459. The van der Waals surface area contributed by atoms with Gasteiger partial charge in [0, 0.05) is 51.5 Å². The Labute approximate surface area is 173 Å². The van der Waals surface area contributed by atoms with Gasteiger partial charge in [-0.3, -0.25) is 4.79 Å². The fraction of sp³-hybridized carbons (Fsp3) is 0.652. The third kappa shape index (κ3) is 3.81. The third-order valence-corrected chi connectivity index (χ3v) is 7.02. The SMILES string of the molecule is COc1ccc([C@H]2[C@@H]3CN(C(=O)C4CCCCC4)C[C@@H]3CN2C(=O)N(C)C)cc1. The Morgan fingerprint density at radius 2 is 1.69 bits per heavy atom. The molecular formula is C23H33N3O3. The van der Waals surface area contributed by atoms with Crippen molar-refractivity contribution in [2.45, 2.75) is 38.1 Å². The highest BCUT2D eigenvalue weighted by Gasteiger charge is 2.50. The lowest BCUT2D eigenvalue weighted by Crippen LogP contribution is -2.43. The molecule has 0 aromatic heterocycles. The van der Waals surface area contributed by atoms with Gasteiger partial charge in [0.05, 0.1) is 13.2 Å². The zero-order valence-electron chi connectivity index (χ0n) is 17.8. The van der Waals surface area contributed by atoms with Crippen molar-refractivity contribution in [1.82, 2.24) is 14.7 Å². The Morgan fingerprint density at radius 3 is 2.31 bits per heavy atom. The molecule has 0 radical (unpaired) electrons. The summed E-state index contributed by atoms with van der Waals surface area (Å²) in [7, 11) is 5.27. The van der Waals surface area contributed by atoms with Crippen LogP contribution in [0.25, 0.3) is 0 Å². The van der Waals surface area contributed by atoms with Gasteiger partial charge in [0.1, 0.15) is 5.75 Å². The van der Waals surface area contributed by atoms with Crippen LogP contribution < -0.4 is 4.74 Å². The minimum atomic E-state index is 0.00459. The molecule has 1 aromatic carbocycles. The molecule has 158 valence electrons. The standard InChI is InChI=1S/C23H33N3O3/c1-24(2)23(28)26-14-18-13-25(22(27)17-7-5-4-6-8-17)15-20(18)21(26)16-9-11-19(29-3)12-10-16/h9-12,17-18,20-21H,4-8,13-15H2,1-3H3/t18-,20-,21+/m1/s1. The summed E-state index contributed by atoms with van der Waals surface area (Å²) in [6.45, 7) is 2.25. The number of ether oxygens (including phenoxy) is 1. The van der Waals surface area contributed by atoms with Crippen molar-refractivity contribution in [3.8, 4) is 5.75 Å². The number of carbonyl (C=O) groups excluding carboxylic acids is 2. The molecule has 2 heterocycles. The molecule has 6 heteroatoms. The van der Waals surface area contributed by atoms with Crippen LogP contribution >= 0.6 is 0 Å². The first-order chi connectivity index (χ1) is 14.0. The van der Waals surface area contributed by atoms with Gasteiger partial charge in [-0.05, 0) is 30.5 Å². The second-order valence-corrected chi connectivity index (χ2v) is 9.05. The second-order valence-electron chi connectivity index (χ2n) is 9.05. The van der Waals surface area contributed by atoms with Crippen molar-refractivity contribution in [2.75, 3.05) is 40.8 Å². The van der Waals surface area contributed by atoms with Crippen LogP contribution in [0.4, 0.5) is 4.79 Å². The Morgan fingerprint density at radius 1 is 1.00 bits per heavy atom. The second kappa shape index (κ2) is 8.25. The first-order valence-corrected chi connectivity index (χ1v) is 10.9. The van der Waals surface area contributed by atoms with E-state index < -0.39 is 0 Å². The number of carbonyl (C=O) groups is 2. The van der Waals surface area contributed by atoms with Crippen LogP contribution in [-0.2, 0) is 4.79 Å². The Kier molecular flexibility index (Phi) is 5.70. The van der Waals surface area contributed by atoms with Crippen molar-refractivity contribution >= 4 is 11.9 Å². The smallest absolute Gasteiger partial charge is 0.320 e. The number of fused-ring (bicyclic) bond motifs is 1. The molecule has 3 fully saturated rings.